The number of benzene rings is 2. The second-order valence-electron chi connectivity index (χ2n) is 8.78. The van der Waals surface area contributed by atoms with E-state index >= 15 is 0 Å². The number of hydrogen-bond donors (Lipinski definition) is 1. The highest BCUT2D eigenvalue weighted by Crippen LogP contribution is 2.40. The standard InChI is InChI=1S/C25H27N3O3S/c1-17-9-12-19(32(30,31)28-13-5-2-6-14-28)15-23(17)27-25(29)21-16-24(18-10-11-18)26-22-8-4-3-7-20(21)22/h3-4,7-9,12,15-16,18H,2,5-6,10-11,13-14H2,1H3,(H,27,29). The van der Waals surface area contributed by atoms with E-state index in [1.807, 2.05) is 37.3 Å². The van der Waals surface area contributed by atoms with E-state index < -0.39 is 10.0 Å². The molecule has 0 atom stereocenters. The normalized spacial score (nSPS) is 17.4. The first-order chi connectivity index (χ1) is 15.4. The van der Waals surface area contributed by atoms with Gasteiger partial charge < -0.3 is 5.32 Å². The highest BCUT2D eigenvalue weighted by atomic mass is 32.2. The zero-order valence-corrected chi connectivity index (χ0v) is 19.0. The van der Waals surface area contributed by atoms with E-state index in [4.69, 9.17) is 4.98 Å². The molecule has 32 heavy (non-hydrogen) atoms. The van der Waals surface area contributed by atoms with Crippen LogP contribution in [0.3, 0.4) is 0 Å². The Balaban J connectivity index is 1.48. The van der Waals surface area contributed by atoms with E-state index in [1.54, 1.807) is 22.5 Å². The summed E-state index contributed by atoms with van der Waals surface area (Å²) in [6.07, 6.45) is 5.02. The van der Waals surface area contributed by atoms with Crippen molar-refractivity contribution in [3.8, 4) is 0 Å². The predicted molar refractivity (Wildman–Crippen MR) is 125 cm³/mol. The fourth-order valence-electron chi connectivity index (χ4n) is 4.31. The summed E-state index contributed by atoms with van der Waals surface area (Å²) < 4.78 is 27.8. The zero-order valence-electron chi connectivity index (χ0n) is 18.2. The minimum atomic E-state index is -3.57. The molecule has 0 bridgehead atoms. The van der Waals surface area contributed by atoms with Crippen LogP contribution >= 0.6 is 0 Å². The predicted octanol–water partition coefficient (Wildman–Crippen LogP) is 4.85. The van der Waals surface area contributed by atoms with Crippen LogP contribution in [0.15, 0.2) is 53.4 Å². The molecule has 7 heteroatoms. The summed E-state index contributed by atoms with van der Waals surface area (Å²) in [4.78, 5) is 18.3. The number of para-hydroxylation sites is 1. The van der Waals surface area contributed by atoms with Gasteiger partial charge in [-0.25, -0.2) is 8.42 Å². The lowest BCUT2D eigenvalue weighted by molar-refractivity contribution is 0.102. The van der Waals surface area contributed by atoms with Gasteiger partial charge in [0.2, 0.25) is 10.0 Å². The molecule has 3 aromatic rings. The summed E-state index contributed by atoms with van der Waals surface area (Å²) in [6, 6.07) is 14.5. The molecule has 1 aliphatic carbocycles. The van der Waals surface area contributed by atoms with Gasteiger partial charge in [-0.1, -0.05) is 30.7 Å². The fourth-order valence-corrected chi connectivity index (χ4v) is 5.86. The van der Waals surface area contributed by atoms with Crippen LogP contribution < -0.4 is 5.32 Å². The molecule has 1 aromatic heterocycles. The molecule has 5 rings (SSSR count). The molecule has 166 valence electrons. The van der Waals surface area contributed by atoms with E-state index in [1.165, 1.54) is 0 Å². The average molecular weight is 450 g/mol. The Morgan fingerprint density at radius 3 is 2.53 bits per heavy atom. The number of pyridine rings is 1. The third kappa shape index (κ3) is 4.02. The Kier molecular flexibility index (Phi) is 5.47. The number of amides is 1. The van der Waals surface area contributed by atoms with Crippen LogP contribution in [0.1, 0.15) is 59.6 Å². The molecular weight excluding hydrogens is 422 g/mol. The largest absolute Gasteiger partial charge is 0.322 e. The van der Waals surface area contributed by atoms with Gasteiger partial charge in [-0.15, -0.1) is 0 Å². The molecule has 2 aliphatic rings. The van der Waals surface area contributed by atoms with Crippen molar-refractivity contribution in [2.24, 2.45) is 0 Å². The van der Waals surface area contributed by atoms with Gasteiger partial charge in [0.15, 0.2) is 0 Å². The molecule has 1 amide bonds. The van der Waals surface area contributed by atoms with Crippen molar-refractivity contribution in [1.82, 2.24) is 9.29 Å². The molecule has 0 radical (unpaired) electrons. The number of fused-ring (bicyclic) bond motifs is 1. The number of sulfonamides is 1. The Morgan fingerprint density at radius 1 is 1.03 bits per heavy atom. The van der Waals surface area contributed by atoms with Crippen LogP contribution in [0.4, 0.5) is 5.69 Å². The first-order valence-corrected chi connectivity index (χ1v) is 12.7. The Hall–Kier alpha value is -2.77. The van der Waals surface area contributed by atoms with Crippen LogP contribution in [0, 0.1) is 6.92 Å². The second kappa shape index (κ2) is 8.30. The van der Waals surface area contributed by atoms with Gasteiger partial charge in [0.25, 0.3) is 5.91 Å². The SMILES string of the molecule is Cc1ccc(S(=O)(=O)N2CCCCC2)cc1NC(=O)c1cc(C2CC2)nc2ccccc12. The number of rotatable bonds is 5. The van der Waals surface area contributed by atoms with Gasteiger partial charge >= 0.3 is 0 Å². The van der Waals surface area contributed by atoms with E-state index in [0.29, 0.717) is 30.3 Å². The number of aryl methyl sites for hydroxylation is 1. The molecule has 1 aliphatic heterocycles. The molecule has 1 saturated heterocycles. The van der Waals surface area contributed by atoms with Crippen molar-refractivity contribution in [2.75, 3.05) is 18.4 Å². The summed E-state index contributed by atoms with van der Waals surface area (Å²) >= 11 is 0. The summed E-state index contributed by atoms with van der Waals surface area (Å²) in [7, 11) is -3.57. The summed E-state index contributed by atoms with van der Waals surface area (Å²) in [6.45, 7) is 2.96. The number of nitrogens with one attached hydrogen (secondary N) is 1. The van der Waals surface area contributed by atoms with E-state index in [2.05, 4.69) is 5.32 Å². The van der Waals surface area contributed by atoms with Gasteiger partial charge in [-0.05, 0) is 62.4 Å². The monoisotopic (exact) mass is 449 g/mol. The van der Waals surface area contributed by atoms with Gasteiger partial charge in [-0.2, -0.15) is 4.31 Å². The fraction of sp³-hybridized carbons (Fsp3) is 0.360. The molecule has 6 nitrogen and oxygen atoms in total. The van der Waals surface area contributed by atoms with Crippen LogP contribution in [0.5, 0.6) is 0 Å². The third-order valence-electron chi connectivity index (χ3n) is 6.39. The van der Waals surface area contributed by atoms with Crippen molar-refractivity contribution in [3.05, 3.63) is 65.4 Å². The lowest BCUT2D eigenvalue weighted by Crippen LogP contribution is -2.35. The Labute approximate surface area is 188 Å². The highest BCUT2D eigenvalue weighted by Gasteiger charge is 2.28. The topological polar surface area (TPSA) is 79.4 Å². The van der Waals surface area contributed by atoms with Gasteiger partial charge in [0, 0.05) is 35.8 Å². The van der Waals surface area contributed by atoms with Gasteiger partial charge in [-0.3, -0.25) is 9.78 Å². The molecule has 2 fully saturated rings. The Morgan fingerprint density at radius 2 is 1.78 bits per heavy atom. The summed E-state index contributed by atoms with van der Waals surface area (Å²) in [5.74, 6) is 0.173. The number of anilines is 1. The van der Waals surface area contributed by atoms with E-state index in [-0.39, 0.29) is 10.8 Å². The zero-order chi connectivity index (χ0) is 22.3. The first kappa shape index (κ1) is 21.1. The Bertz CT molecular complexity index is 1290. The molecule has 0 unspecified atom stereocenters. The van der Waals surface area contributed by atoms with Crippen LogP contribution in [-0.2, 0) is 10.0 Å². The highest BCUT2D eigenvalue weighted by molar-refractivity contribution is 7.89. The molecule has 1 N–H and O–H groups in total. The first-order valence-electron chi connectivity index (χ1n) is 11.3. The average Bonchev–Trinajstić information content (AvgIpc) is 3.66. The van der Waals surface area contributed by atoms with Gasteiger partial charge in [0.05, 0.1) is 16.0 Å². The van der Waals surface area contributed by atoms with Crippen molar-refractivity contribution in [2.45, 2.75) is 49.8 Å². The van der Waals surface area contributed by atoms with Crippen molar-refractivity contribution in [3.63, 3.8) is 0 Å². The number of aromatic nitrogens is 1. The minimum absolute atomic E-state index is 0.221. The smallest absolute Gasteiger partial charge is 0.256 e. The van der Waals surface area contributed by atoms with E-state index in [9.17, 15) is 13.2 Å². The second-order valence-corrected chi connectivity index (χ2v) is 10.7. The molecular formula is C25H27N3O3S. The van der Waals surface area contributed by atoms with Gasteiger partial charge in [0.1, 0.15) is 0 Å². The maximum atomic E-state index is 13.3. The van der Waals surface area contributed by atoms with Crippen LogP contribution in [0.25, 0.3) is 10.9 Å². The number of piperidine rings is 1. The molecule has 2 heterocycles. The van der Waals surface area contributed by atoms with Crippen molar-refractivity contribution in [1.29, 1.82) is 0 Å². The van der Waals surface area contributed by atoms with Crippen LogP contribution in [-0.4, -0.2) is 36.7 Å². The molecule has 1 saturated carbocycles. The summed E-state index contributed by atoms with van der Waals surface area (Å²) in [5.41, 5.74) is 3.66. The lowest BCUT2D eigenvalue weighted by Gasteiger charge is -2.26. The number of carbonyl (C=O) groups excluding carboxylic acids is 1. The third-order valence-corrected chi connectivity index (χ3v) is 8.28. The lowest BCUT2D eigenvalue weighted by atomic mass is 10.0. The minimum Gasteiger partial charge on any atom is -0.322 e. The molecule has 2 aromatic carbocycles. The maximum absolute atomic E-state index is 13.3. The number of carbonyl (C=O) groups is 1. The number of nitrogens with zero attached hydrogens (tertiary/aromatic N) is 2. The number of hydrogen-bond acceptors (Lipinski definition) is 4. The van der Waals surface area contributed by atoms with Crippen LogP contribution in [0.2, 0.25) is 0 Å². The van der Waals surface area contributed by atoms with E-state index in [0.717, 1.165) is 54.3 Å². The summed E-state index contributed by atoms with van der Waals surface area (Å²) in [5, 5.41) is 3.77. The quantitative estimate of drug-likeness (QED) is 0.604. The van der Waals surface area contributed by atoms with Crippen molar-refractivity contribution < 1.29 is 13.2 Å². The maximum Gasteiger partial charge on any atom is 0.256 e. The van der Waals surface area contributed by atoms with Crippen molar-refractivity contribution >= 4 is 32.5 Å². The molecule has 0 spiro atoms.